The van der Waals surface area contributed by atoms with Crippen LogP contribution in [-0.4, -0.2) is 47.3 Å². The summed E-state index contributed by atoms with van der Waals surface area (Å²) in [4.78, 5) is 14.0. The number of hydrogen-bond donors (Lipinski definition) is 2. The predicted octanol–water partition coefficient (Wildman–Crippen LogP) is 2.69. The molecule has 152 valence electrons. The number of amides is 1. The molecule has 0 bridgehead atoms. The summed E-state index contributed by atoms with van der Waals surface area (Å²) in [6.07, 6.45) is 4.21. The maximum atomic E-state index is 13.7. The molecule has 0 spiro atoms. The summed E-state index contributed by atoms with van der Waals surface area (Å²) in [5.74, 6) is -0.440. The van der Waals surface area contributed by atoms with Crippen LogP contribution < -0.4 is 11.1 Å². The van der Waals surface area contributed by atoms with Crippen molar-refractivity contribution in [3.8, 4) is 5.69 Å². The zero-order chi connectivity index (χ0) is 20.4. The number of carbonyl (C=O) groups excluding carboxylic acids is 1. The largest absolute Gasteiger partial charge is 0.366 e. The van der Waals surface area contributed by atoms with Gasteiger partial charge in [-0.2, -0.15) is 5.10 Å². The van der Waals surface area contributed by atoms with E-state index in [0.717, 1.165) is 30.8 Å². The van der Waals surface area contributed by atoms with E-state index in [1.807, 2.05) is 12.1 Å². The van der Waals surface area contributed by atoms with Crippen LogP contribution in [0, 0.1) is 11.7 Å². The van der Waals surface area contributed by atoms with Gasteiger partial charge in [0, 0.05) is 18.1 Å². The van der Waals surface area contributed by atoms with Gasteiger partial charge in [-0.1, -0.05) is 12.1 Å². The highest BCUT2D eigenvalue weighted by Gasteiger charge is 2.16. The first-order chi connectivity index (χ1) is 14.0. The molecule has 1 aliphatic heterocycles. The summed E-state index contributed by atoms with van der Waals surface area (Å²) >= 11 is 0. The van der Waals surface area contributed by atoms with Crippen LogP contribution in [0.1, 0.15) is 28.8 Å². The third-order valence-electron chi connectivity index (χ3n) is 5.64. The number of nitrogens with zero attached hydrogens (tertiary/aromatic N) is 3. The first kappa shape index (κ1) is 19.5. The highest BCUT2D eigenvalue weighted by Crippen LogP contribution is 2.21. The standard InChI is InChI=1S/C22H26FN5O/c1-27-8-6-16(7-9-27)13-25-12-15-2-4-19(5-3-15)28-14-17-10-18(23)11-20(22(24)29)21(17)26-28/h2-5,10-11,14,16,25H,6-9,12-13H2,1H3,(H2,24,29). The van der Waals surface area contributed by atoms with Crippen LogP contribution in [0.25, 0.3) is 16.6 Å². The first-order valence-corrected chi connectivity index (χ1v) is 9.97. The molecule has 0 atom stereocenters. The van der Waals surface area contributed by atoms with Crippen LogP contribution in [-0.2, 0) is 6.54 Å². The number of nitrogens with one attached hydrogen (secondary N) is 1. The van der Waals surface area contributed by atoms with Crippen molar-refractivity contribution in [2.75, 3.05) is 26.7 Å². The average molecular weight is 395 g/mol. The van der Waals surface area contributed by atoms with E-state index in [1.165, 1.54) is 37.6 Å². The van der Waals surface area contributed by atoms with Gasteiger partial charge in [-0.3, -0.25) is 4.79 Å². The molecule has 6 nitrogen and oxygen atoms in total. The van der Waals surface area contributed by atoms with Crippen molar-refractivity contribution in [2.24, 2.45) is 11.7 Å². The minimum absolute atomic E-state index is 0.0912. The summed E-state index contributed by atoms with van der Waals surface area (Å²) in [5.41, 5.74) is 7.90. The van der Waals surface area contributed by atoms with Crippen molar-refractivity contribution in [1.82, 2.24) is 20.0 Å². The smallest absolute Gasteiger partial charge is 0.251 e. The Kier molecular flexibility index (Phi) is 5.60. The minimum atomic E-state index is -0.689. The number of carbonyl (C=O) groups is 1. The van der Waals surface area contributed by atoms with Gasteiger partial charge in [0.25, 0.3) is 5.91 Å². The number of primary amides is 1. The zero-order valence-corrected chi connectivity index (χ0v) is 16.6. The highest BCUT2D eigenvalue weighted by molar-refractivity contribution is 6.04. The van der Waals surface area contributed by atoms with Crippen LogP contribution in [0.2, 0.25) is 0 Å². The summed E-state index contributed by atoms with van der Waals surface area (Å²) in [7, 11) is 2.18. The number of fused-ring (bicyclic) bond motifs is 1. The van der Waals surface area contributed by atoms with Crippen LogP contribution >= 0.6 is 0 Å². The van der Waals surface area contributed by atoms with E-state index in [-0.39, 0.29) is 5.56 Å². The lowest BCUT2D eigenvalue weighted by molar-refractivity contribution is 0.100. The Bertz CT molecular complexity index is 1010. The Morgan fingerprint density at radius 3 is 2.66 bits per heavy atom. The summed E-state index contributed by atoms with van der Waals surface area (Å²) in [5, 5.41) is 8.54. The fraction of sp³-hybridized carbons (Fsp3) is 0.364. The van der Waals surface area contributed by atoms with Gasteiger partial charge in [-0.05, 0) is 75.3 Å². The number of piperidine rings is 1. The second-order valence-corrected chi connectivity index (χ2v) is 7.87. The topological polar surface area (TPSA) is 76.2 Å². The maximum Gasteiger partial charge on any atom is 0.251 e. The Balaban J connectivity index is 1.42. The van der Waals surface area contributed by atoms with Gasteiger partial charge in [0.2, 0.25) is 0 Å². The predicted molar refractivity (Wildman–Crippen MR) is 111 cm³/mol. The van der Waals surface area contributed by atoms with Crippen molar-refractivity contribution in [1.29, 1.82) is 0 Å². The molecule has 1 saturated heterocycles. The highest BCUT2D eigenvalue weighted by atomic mass is 19.1. The molecule has 3 aromatic rings. The molecule has 4 rings (SSSR count). The minimum Gasteiger partial charge on any atom is -0.366 e. The van der Waals surface area contributed by atoms with Gasteiger partial charge in [-0.15, -0.1) is 0 Å². The summed E-state index contributed by atoms with van der Waals surface area (Å²) < 4.78 is 15.4. The molecule has 0 radical (unpaired) electrons. The van der Waals surface area contributed by atoms with E-state index in [2.05, 4.69) is 34.5 Å². The van der Waals surface area contributed by atoms with Gasteiger partial charge >= 0.3 is 0 Å². The van der Waals surface area contributed by atoms with Crippen LogP contribution in [0.15, 0.2) is 42.6 Å². The third-order valence-corrected chi connectivity index (χ3v) is 5.64. The molecule has 7 heteroatoms. The van der Waals surface area contributed by atoms with E-state index in [4.69, 9.17) is 5.73 Å². The van der Waals surface area contributed by atoms with Crippen molar-refractivity contribution in [2.45, 2.75) is 19.4 Å². The van der Waals surface area contributed by atoms with Crippen LogP contribution in [0.3, 0.4) is 0 Å². The zero-order valence-electron chi connectivity index (χ0n) is 16.6. The molecule has 2 heterocycles. The number of hydrogen-bond acceptors (Lipinski definition) is 4. The number of aromatic nitrogens is 2. The van der Waals surface area contributed by atoms with E-state index < -0.39 is 11.7 Å². The molecule has 1 aromatic heterocycles. The molecule has 1 aliphatic rings. The number of halogens is 1. The quantitative estimate of drug-likeness (QED) is 0.673. The molecular formula is C22H26FN5O. The lowest BCUT2D eigenvalue weighted by Gasteiger charge is -2.29. The van der Waals surface area contributed by atoms with Gasteiger partial charge < -0.3 is 16.0 Å². The van der Waals surface area contributed by atoms with Crippen molar-refractivity contribution < 1.29 is 9.18 Å². The molecule has 2 aromatic carbocycles. The molecule has 3 N–H and O–H groups in total. The van der Waals surface area contributed by atoms with Gasteiger partial charge in [0.1, 0.15) is 11.3 Å². The molecule has 0 saturated carbocycles. The molecule has 0 aliphatic carbocycles. The Morgan fingerprint density at radius 1 is 1.24 bits per heavy atom. The Labute approximate surface area is 169 Å². The van der Waals surface area contributed by atoms with E-state index in [0.29, 0.717) is 10.9 Å². The molecule has 1 fully saturated rings. The van der Waals surface area contributed by atoms with E-state index >= 15 is 0 Å². The fourth-order valence-corrected chi connectivity index (χ4v) is 3.87. The number of rotatable bonds is 6. The normalized spacial score (nSPS) is 15.8. The second kappa shape index (κ2) is 8.31. The van der Waals surface area contributed by atoms with Crippen molar-refractivity contribution in [3.05, 3.63) is 59.5 Å². The number of nitrogens with two attached hydrogens (primary N) is 1. The van der Waals surface area contributed by atoms with Crippen molar-refractivity contribution in [3.63, 3.8) is 0 Å². The summed E-state index contributed by atoms with van der Waals surface area (Å²) in [6.45, 7) is 4.23. The Morgan fingerprint density at radius 2 is 1.97 bits per heavy atom. The SMILES string of the molecule is CN1CCC(CNCc2ccc(-n3cc4cc(F)cc(C(N)=O)c4n3)cc2)CC1. The number of likely N-dealkylation sites (tertiary alicyclic amines) is 1. The number of benzene rings is 2. The van der Waals surface area contributed by atoms with E-state index in [1.54, 1.807) is 10.9 Å². The Hall–Kier alpha value is -2.77. The third kappa shape index (κ3) is 4.46. The second-order valence-electron chi connectivity index (χ2n) is 7.87. The lowest BCUT2D eigenvalue weighted by Crippen LogP contribution is -2.34. The monoisotopic (exact) mass is 395 g/mol. The fourth-order valence-electron chi connectivity index (χ4n) is 3.87. The molecule has 1 amide bonds. The van der Waals surface area contributed by atoms with Crippen molar-refractivity contribution >= 4 is 16.8 Å². The van der Waals surface area contributed by atoms with Gasteiger partial charge in [-0.25, -0.2) is 9.07 Å². The first-order valence-electron chi connectivity index (χ1n) is 9.97. The lowest BCUT2D eigenvalue weighted by atomic mass is 9.97. The maximum absolute atomic E-state index is 13.7. The van der Waals surface area contributed by atoms with Gasteiger partial charge in [0.05, 0.1) is 11.3 Å². The summed E-state index contributed by atoms with van der Waals surface area (Å²) in [6, 6.07) is 10.5. The van der Waals surface area contributed by atoms with Crippen LogP contribution in [0.4, 0.5) is 4.39 Å². The molecule has 29 heavy (non-hydrogen) atoms. The molecule has 0 unspecified atom stereocenters. The van der Waals surface area contributed by atoms with Gasteiger partial charge in [0.15, 0.2) is 0 Å². The average Bonchev–Trinajstić information content (AvgIpc) is 3.13. The molecular weight excluding hydrogens is 369 g/mol. The van der Waals surface area contributed by atoms with Crippen LogP contribution in [0.5, 0.6) is 0 Å². The van der Waals surface area contributed by atoms with E-state index in [9.17, 15) is 9.18 Å².